The van der Waals surface area contributed by atoms with Crippen LogP contribution in [0.2, 0.25) is 0 Å². The van der Waals surface area contributed by atoms with E-state index in [1.807, 2.05) is 0 Å². The summed E-state index contributed by atoms with van der Waals surface area (Å²) in [7, 11) is 0. The molecule has 0 unspecified atom stereocenters. The lowest BCUT2D eigenvalue weighted by Gasteiger charge is -2.05. The Bertz CT molecular complexity index is 365. The van der Waals surface area contributed by atoms with Gasteiger partial charge in [0.15, 0.2) is 0 Å². The van der Waals surface area contributed by atoms with E-state index in [2.05, 4.69) is 0 Å². The second-order valence-corrected chi connectivity index (χ2v) is 3.24. The molecule has 0 amide bonds. The van der Waals surface area contributed by atoms with E-state index in [9.17, 15) is 9.18 Å². The third-order valence-electron chi connectivity index (χ3n) is 2.00. The van der Waals surface area contributed by atoms with Gasteiger partial charge in [-0.25, -0.2) is 9.18 Å². The minimum absolute atomic E-state index is 0.00690. The Morgan fingerprint density at radius 2 is 2.19 bits per heavy atom. The number of carboxylic acid groups (broad SMARTS) is 1. The molecule has 1 aromatic carbocycles. The van der Waals surface area contributed by atoms with Crippen LogP contribution in [0.15, 0.2) is 18.2 Å². The lowest BCUT2D eigenvalue weighted by atomic mass is 10.1. The molecule has 5 heteroatoms. The zero-order chi connectivity index (χ0) is 12.0. The molecule has 0 fully saturated rings. The highest BCUT2D eigenvalue weighted by Crippen LogP contribution is 2.12. The normalized spacial score (nSPS) is 10.4. The van der Waals surface area contributed by atoms with Crippen LogP contribution < -0.4 is 0 Å². The zero-order valence-electron chi connectivity index (χ0n) is 8.65. The molecule has 0 aliphatic heterocycles. The predicted octanol–water partition coefficient (Wildman–Crippen LogP) is 1.42. The number of benzene rings is 1. The number of hydrogen-bond acceptors (Lipinski definition) is 3. The first-order valence-corrected chi connectivity index (χ1v) is 4.85. The van der Waals surface area contributed by atoms with Crippen molar-refractivity contribution in [1.82, 2.24) is 0 Å². The van der Waals surface area contributed by atoms with E-state index < -0.39 is 11.8 Å². The Labute approximate surface area is 92.3 Å². The van der Waals surface area contributed by atoms with Crippen LogP contribution in [0, 0.1) is 5.82 Å². The highest BCUT2D eigenvalue weighted by molar-refractivity contribution is 5.87. The first kappa shape index (κ1) is 12.6. The number of aliphatic hydroxyl groups is 1. The van der Waals surface area contributed by atoms with E-state index >= 15 is 0 Å². The standard InChI is InChI=1S/C11H13FO4/c12-10-3-2-8(11(14)15)6-9(10)7-16-5-1-4-13/h2-3,6,13H,1,4-5,7H2,(H,14,15). The van der Waals surface area contributed by atoms with Crippen LogP contribution in [0.1, 0.15) is 22.3 Å². The summed E-state index contributed by atoms with van der Waals surface area (Å²) in [4.78, 5) is 10.6. The highest BCUT2D eigenvalue weighted by Gasteiger charge is 2.08. The van der Waals surface area contributed by atoms with Crippen LogP contribution >= 0.6 is 0 Å². The predicted molar refractivity (Wildman–Crippen MR) is 54.7 cm³/mol. The molecule has 2 N–H and O–H groups in total. The van der Waals surface area contributed by atoms with Gasteiger partial charge < -0.3 is 14.9 Å². The van der Waals surface area contributed by atoms with Crippen LogP contribution in [0.5, 0.6) is 0 Å². The number of carboxylic acids is 1. The molecule has 0 saturated carbocycles. The maximum Gasteiger partial charge on any atom is 0.335 e. The molecule has 0 aliphatic rings. The summed E-state index contributed by atoms with van der Waals surface area (Å²) in [6.07, 6.45) is 0.472. The maximum atomic E-state index is 13.2. The number of aromatic carboxylic acids is 1. The molecular weight excluding hydrogens is 215 g/mol. The van der Waals surface area contributed by atoms with Gasteiger partial charge in [0.05, 0.1) is 12.2 Å². The van der Waals surface area contributed by atoms with Crippen molar-refractivity contribution < 1.29 is 24.1 Å². The van der Waals surface area contributed by atoms with Gasteiger partial charge in [0.2, 0.25) is 0 Å². The molecule has 4 nitrogen and oxygen atoms in total. The van der Waals surface area contributed by atoms with Gasteiger partial charge in [-0.2, -0.15) is 0 Å². The molecule has 16 heavy (non-hydrogen) atoms. The number of hydrogen-bond donors (Lipinski definition) is 2. The Hall–Kier alpha value is -1.46. The van der Waals surface area contributed by atoms with E-state index in [0.29, 0.717) is 13.0 Å². The van der Waals surface area contributed by atoms with Crippen molar-refractivity contribution in [3.8, 4) is 0 Å². The lowest BCUT2D eigenvalue weighted by molar-refractivity contribution is 0.0696. The zero-order valence-corrected chi connectivity index (χ0v) is 8.65. The molecular formula is C11H13FO4. The first-order chi connectivity index (χ1) is 7.65. The third-order valence-corrected chi connectivity index (χ3v) is 2.00. The molecule has 0 bridgehead atoms. The maximum absolute atomic E-state index is 13.2. The fraction of sp³-hybridized carbons (Fsp3) is 0.364. The average Bonchev–Trinajstić information content (AvgIpc) is 2.26. The summed E-state index contributed by atoms with van der Waals surface area (Å²) in [6, 6.07) is 3.56. The molecule has 0 aliphatic carbocycles. The van der Waals surface area contributed by atoms with Crippen LogP contribution in [0.4, 0.5) is 4.39 Å². The van der Waals surface area contributed by atoms with Crippen molar-refractivity contribution in [1.29, 1.82) is 0 Å². The number of rotatable bonds is 6. The van der Waals surface area contributed by atoms with Gasteiger partial charge >= 0.3 is 5.97 Å². The van der Waals surface area contributed by atoms with E-state index in [0.717, 1.165) is 6.07 Å². The lowest BCUT2D eigenvalue weighted by Crippen LogP contribution is -2.03. The van der Waals surface area contributed by atoms with Crippen molar-refractivity contribution in [3.63, 3.8) is 0 Å². The summed E-state index contributed by atoms with van der Waals surface area (Å²) in [5.41, 5.74) is 0.236. The monoisotopic (exact) mass is 228 g/mol. The quantitative estimate of drug-likeness (QED) is 0.723. The highest BCUT2D eigenvalue weighted by atomic mass is 19.1. The number of aliphatic hydroxyl groups excluding tert-OH is 1. The molecule has 0 atom stereocenters. The number of carbonyl (C=O) groups is 1. The first-order valence-electron chi connectivity index (χ1n) is 4.85. The van der Waals surface area contributed by atoms with E-state index in [4.69, 9.17) is 14.9 Å². The number of ether oxygens (including phenoxy) is 1. The van der Waals surface area contributed by atoms with Gasteiger partial charge in [-0.1, -0.05) is 0 Å². The van der Waals surface area contributed by atoms with E-state index in [1.54, 1.807) is 0 Å². The molecule has 0 heterocycles. The van der Waals surface area contributed by atoms with Crippen molar-refractivity contribution in [2.24, 2.45) is 0 Å². The molecule has 0 aromatic heterocycles. The SMILES string of the molecule is O=C(O)c1ccc(F)c(COCCCO)c1. The Morgan fingerprint density at radius 1 is 1.44 bits per heavy atom. The third kappa shape index (κ3) is 3.60. The Balaban J connectivity index is 2.63. The second kappa shape index (κ2) is 6.19. The second-order valence-electron chi connectivity index (χ2n) is 3.24. The summed E-state index contributed by atoms with van der Waals surface area (Å²) in [5, 5.41) is 17.2. The van der Waals surface area contributed by atoms with Gasteiger partial charge in [-0.05, 0) is 24.6 Å². The Kier molecular flexibility index (Phi) is 4.88. The molecule has 0 saturated heterocycles. The minimum atomic E-state index is -1.10. The molecule has 1 rings (SSSR count). The summed E-state index contributed by atoms with van der Waals surface area (Å²) in [6.45, 7) is 0.331. The minimum Gasteiger partial charge on any atom is -0.478 e. The van der Waals surface area contributed by atoms with E-state index in [-0.39, 0.29) is 24.3 Å². The van der Waals surface area contributed by atoms with Crippen molar-refractivity contribution in [3.05, 3.63) is 35.1 Å². The van der Waals surface area contributed by atoms with E-state index in [1.165, 1.54) is 12.1 Å². The molecule has 0 radical (unpaired) electrons. The fourth-order valence-corrected chi connectivity index (χ4v) is 1.17. The van der Waals surface area contributed by atoms with Gasteiger partial charge in [0, 0.05) is 18.8 Å². The summed E-state index contributed by atoms with van der Waals surface area (Å²) >= 11 is 0. The van der Waals surface area contributed by atoms with Crippen LogP contribution in [-0.2, 0) is 11.3 Å². The smallest absolute Gasteiger partial charge is 0.335 e. The topological polar surface area (TPSA) is 66.8 Å². The van der Waals surface area contributed by atoms with Crippen molar-refractivity contribution in [2.75, 3.05) is 13.2 Å². The molecule has 0 spiro atoms. The molecule has 88 valence electrons. The van der Waals surface area contributed by atoms with Crippen LogP contribution in [0.25, 0.3) is 0 Å². The number of halogens is 1. The largest absolute Gasteiger partial charge is 0.478 e. The fourth-order valence-electron chi connectivity index (χ4n) is 1.17. The van der Waals surface area contributed by atoms with Gasteiger partial charge in [0.25, 0.3) is 0 Å². The molecule has 1 aromatic rings. The Morgan fingerprint density at radius 3 is 2.81 bits per heavy atom. The average molecular weight is 228 g/mol. The van der Waals surface area contributed by atoms with Gasteiger partial charge in [-0.15, -0.1) is 0 Å². The van der Waals surface area contributed by atoms with Crippen LogP contribution in [0.3, 0.4) is 0 Å². The van der Waals surface area contributed by atoms with Crippen LogP contribution in [-0.4, -0.2) is 29.4 Å². The summed E-state index contributed by atoms with van der Waals surface area (Å²) < 4.78 is 18.3. The van der Waals surface area contributed by atoms with Gasteiger partial charge in [-0.3, -0.25) is 0 Å². The van der Waals surface area contributed by atoms with Crippen molar-refractivity contribution in [2.45, 2.75) is 13.0 Å². The van der Waals surface area contributed by atoms with Crippen molar-refractivity contribution >= 4 is 5.97 Å². The van der Waals surface area contributed by atoms with Gasteiger partial charge in [0.1, 0.15) is 5.82 Å². The summed E-state index contributed by atoms with van der Waals surface area (Å²) in [5.74, 6) is -1.59.